The highest BCUT2D eigenvalue weighted by molar-refractivity contribution is 9.09. The zero-order valence-electron chi connectivity index (χ0n) is 9.51. The highest BCUT2D eigenvalue weighted by Crippen LogP contribution is 2.09. The van der Waals surface area contributed by atoms with Gasteiger partial charge in [0.2, 0.25) is 0 Å². The summed E-state index contributed by atoms with van der Waals surface area (Å²) < 4.78 is 4.93. The molecule has 0 aromatic rings. The van der Waals surface area contributed by atoms with Crippen LogP contribution >= 0.6 is 15.9 Å². The number of carbonyl (C=O) groups is 1. The maximum atomic E-state index is 10.8. The molecule has 2 nitrogen and oxygen atoms in total. The lowest BCUT2D eigenvalue weighted by Gasteiger charge is -2.05. The Labute approximate surface area is 101 Å². The summed E-state index contributed by atoms with van der Waals surface area (Å²) in [5.74, 6) is -0.216. The van der Waals surface area contributed by atoms with Gasteiger partial charge in [-0.05, 0) is 26.7 Å². The average molecular weight is 275 g/mol. The first kappa shape index (κ1) is 14.4. The third-order valence-electron chi connectivity index (χ3n) is 1.88. The van der Waals surface area contributed by atoms with E-state index in [1.165, 1.54) is 5.57 Å². The molecular formula is C12H19BrO2. The van der Waals surface area contributed by atoms with Gasteiger partial charge < -0.3 is 4.74 Å². The van der Waals surface area contributed by atoms with E-state index in [0.29, 0.717) is 6.61 Å². The van der Waals surface area contributed by atoms with E-state index in [1.807, 2.05) is 0 Å². The lowest BCUT2D eigenvalue weighted by molar-refractivity contribution is -0.140. The number of esters is 1. The van der Waals surface area contributed by atoms with Gasteiger partial charge >= 0.3 is 5.97 Å². The van der Waals surface area contributed by atoms with Crippen LogP contribution < -0.4 is 0 Å². The molecule has 0 N–H and O–H groups in total. The Morgan fingerprint density at radius 1 is 1.40 bits per heavy atom. The largest absolute Gasteiger partial charge is 0.465 e. The van der Waals surface area contributed by atoms with Crippen molar-refractivity contribution in [2.45, 2.75) is 33.1 Å². The molecule has 0 saturated carbocycles. The van der Waals surface area contributed by atoms with Crippen molar-refractivity contribution >= 4 is 21.9 Å². The second-order valence-electron chi connectivity index (χ2n) is 3.67. The minimum absolute atomic E-state index is 0.216. The molecule has 0 aromatic heterocycles. The van der Waals surface area contributed by atoms with Crippen molar-refractivity contribution in [1.29, 1.82) is 0 Å². The molecule has 0 aliphatic heterocycles. The minimum atomic E-state index is -0.216. The van der Waals surface area contributed by atoms with Crippen molar-refractivity contribution in [3.63, 3.8) is 0 Å². The van der Waals surface area contributed by atoms with Crippen LogP contribution in [0.1, 0.15) is 33.1 Å². The molecule has 0 atom stereocenters. The Balaban J connectivity index is 3.50. The summed E-state index contributed by atoms with van der Waals surface area (Å²) >= 11 is 3.04. The molecule has 0 aromatic carbocycles. The van der Waals surface area contributed by atoms with Crippen molar-refractivity contribution in [3.05, 3.63) is 23.8 Å². The number of rotatable bonds is 7. The summed E-state index contributed by atoms with van der Waals surface area (Å²) in [6.07, 6.45) is 4.94. The van der Waals surface area contributed by atoms with Gasteiger partial charge in [-0.3, -0.25) is 4.79 Å². The summed E-state index contributed by atoms with van der Waals surface area (Å²) in [6.45, 7) is 8.55. The molecule has 0 aliphatic rings. The van der Waals surface area contributed by atoms with Crippen molar-refractivity contribution in [2.24, 2.45) is 0 Å². The van der Waals surface area contributed by atoms with E-state index in [0.717, 1.165) is 24.8 Å². The third-order valence-corrected chi connectivity index (χ3v) is 2.34. The Bertz CT molecular complexity index is 240. The highest BCUT2D eigenvalue weighted by Gasteiger charge is 1.99. The lowest BCUT2D eigenvalue weighted by atomic mass is 10.1. The fourth-order valence-corrected chi connectivity index (χ4v) is 1.20. The molecule has 0 spiro atoms. The Kier molecular flexibility index (Phi) is 8.38. The first-order valence-corrected chi connectivity index (χ1v) is 6.20. The molecular weight excluding hydrogens is 256 g/mol. The zero-order chi connectivity index (χ0) is 11.7. The number of carbonyl (C=O) groups excluding carboxylic acids is 1. The van der Waals surface area contributed by atoms with E-state index in [-0.39, 0.29) is 11.3 Å². The molecule has 0 fully saturated rings. The van der Waals surface area contributed by atoms with Gasteiger partial charge in [0.15, 0.2) is 0 Å². The third kappa shape index (κ3) is 9.73. The van der Waals surface area contributed by atoms with Gasteiger partial charge in [-0.1, -0.05) is 39.7 Å². The van der Waals surface area contributed by atoms with Gasteiger partial charge in [0.05, 0.1) is 6.61 Å². The van der Waals surface area contributed by atoms with E-state index in [1.54, 1.807) is 0 Å². The number of allylic oxidation sites excluding steroid dienone is 2. The number of ether oxygens (including phenoxy) is 1. The Hall–Kier alpha value is -0.570. The number of alkyl halides is 1. The second-order valence-corrected chi connectivity index (χ2v) is 4.23. The van der Waals surface area contributed by atoms with Gasteiger partial charge in [-0.15, -0.1) is 0 Å². The molecule has 0 amide bonds. The van der Waals surface area contributed by atoms with Crippen LogP contribution in [-0.2, 0) is 9.53 Å². The van der Waals surface area contributed by atoms with Crippen molar-refractivity contribution in [1.82, 2.24) is 0 Å². The van der Waals surface area contributed by atoms with Gasteiger partial charge in [-0.25, -0.2) is 0 Å². The molecule has 0 heterocycles. The van der Waals surface area contributed by atoms with Gasteiger partial charge in [0.25, 0.3) is 0 Å². The summed E-state index contributed by atoms with van der Waals surface area (Å²) in [7, 11) is 0. The van der Waals surface area contributed by atoms with Crippen LogP contribution in [-0.4, -0.2) is 17.9 Å². The van der Waals surface area contributed by atoms with Crippen LogP contribution in [0.2, 0.25) is 0 Å². The first-order valence-electron chi connectivity index (χ1n) is 5.08. The fraction of sp³-hybridized carbons (Fsp3) is 0.583. The van der Waals surface area contributed by atoms with Gasteiger partial charge in [0, 0.05) is 6.42 Å². The maximum absolute atomic E-state index is 10.8. The quantitative estimate of drug-likeness (QED) is 0.403. The molecule has 3 heteroatoms. The van der Waals surface area contributed by atoms with Crippen LogP contribution in [0.3, 0.4) is 0 Å². The number of hydrogen-bond acceptors (Lipinski definition) is 2. The highest BCUT2D eigenvalue weighted by atomic mass is 79.9. The molecule has 15 heavy (non-hydrogen) atoms. The summed E-state index contributed by atoms with van der Waals surface area (Å²) in [4.78, 5) is 10.8. The lowest BCUT2D eigenvalue weighted by Crippen LogP contribution is -2.06. The molecule has 0 saturated heterocycles. The zero-order valence-corrected chi connectivity index (χ0v) is 11.1. The Morgan fingerprint density at radius 3 is 2.60 bits per heavy atom. The van der Waals surface area contributed by atoms with E-state index in [4.69, 9.17) is 4.74 Å². The molecule has 0 bridgehead atoms. The van der Waals surface area contributed by atoms with E-state index >= 15 is 0 Å². The van der Waals surface area contributed by atoms with Gasteiger partial charge in [-0.2, -0.15) is 0 Å². The predicted octanol–water partition coefficient (Wildman–Crippen LogP) is 3.62. The second kappa shape index (κ2) is 8.72. The van der Waals surface area contributed by atoms with E-state index in [9.17, 15) is 4.79 Å². The standard InChI is InChI=1S/C12H19BrO2/c1-10(2)5-4-6-11(3)7-8-15-12(14)9-13/h5H,3-4,6-9H2,1-2H3. The summed E-state index contributed by atoms with van der Waals surface area (Å²) in [5.41, 5.74) is 2.46. The van der Waals surface area contributed by atoms with Crippen LogP contribution in [0, 0.1) is 0 Å². The van der Waals surface area contributed by atoms with Crippen LogP contribution in [0.15, 0.2) is 23.8 Å². The topological polar surface area (TPSA) is 26.3 Å². The van der Waals surface area contributed by atoms with Crippen molar-refractivity contribution in [2.75, 3.05) is 11.9 Å². The van der Waals surface area contributed by atoms with Crippen LogP contribution in [0.25, 0.3) is 0 Å². The van der Waals surface area contributed by atoms with E-state index in [2.05, 4.69) is 42.4 Å². The van der Waals surface area contributed by atoms with Crippen LogP contribution in [0.5, 0.6) is 0 Å². The fourth-order valence-electron chi connectivity index (χ4n) is 1.04. The molecule has 0 rings (SSSR count). The van der Waals surface area contributed by atoms with Crippen molar-refractivity contribution < 1.29 is 9.53 Å². The number of hydrogen-bond donors (Lipinski definition) is 0. The minimum Gasteiger partial charge on any atom is -0.465 e. The first-order chi connectivity index (χ1) is 7.06. The molecule has 0 aliphatic carbocycles. The smallest absolute Gasteiger partial charge is 0.316 e. The number of halogens is 1. The van der Waals surface area contributed by atoms with Crippen LogP contribution in [0.4, 0.5) is 0 Å². The SMILES string of the molecule is C=C(CCC=C(C)C)CCOC(=O)CBr. The van der Waals surface area contributed by atoms with Crippen molar-refractivity contribution in [3.8, 4) is 0 Å². The monoisotopic (exact) mass is 274 g/mol. The van der Waals surface area contributed by atoms with E-state index < -0.39 is 0 Å². The Morgan fingerprint density at radius 2 is 2.07 bits per heavy atom. The maximum Gasteiger partial charge on any atom is 0.316 e. The molecule has 0 radical (unpaired) electrons. The predicted molar refractivity (Wildman–Crippen MR) is 67.2 cm³/mol. The summed E-state index contributed by atoms with van der Waals surface area (Å²) in [5, 5.41) is 0.261. The summed E-state index contributed by atoms with van der Waals surface area (Å²) in [6, 6.07) is 0. The molecule has 0 unspecified atom stereocenters. The average Bonchev–Trinajstić information content (AvgIpc) is 2.17. The molecule has 86 valence electrons. The normalized spacial score (nSPS) is 9.53. The van der Waals surface area contributed by atoms with Gasteiger partial charge in [0.1, 0.15) is 5.33 Å².